The van der Waals surface area contributed by atoms with E-state index in [4.69, 9.17) is 0 Å². The highest BCUT2D eigenvalue weighted by Gasteiger charge is 2.39. The van der Waals surface area contributed by atoms with E-state index in [1.807, 2.05) is 0 Å². The van der Waals surface area contributed by atoms with Crippen molar-refractivity contribution in [3.63, 3.8) is 0 Å². The quantitative estimate of drug-likeness (QED) is 0.813. The van der Waals surface area contributed by atoms with Gasteiger partial charge in [0.1, 0.15) is 0 Å². The number of likely N-dealkylation sites (tertiary alicyclic amines) is 1. The van der Waals surface area contributed by atoms with E-state index in [-0.39, 0.29) is 24.1 Å². The third kappa shape index (κ3) is 4.19. The van der Waals surface area contributed by atoms with Crippen LogP contribution in [0.2, 0.25) is 0 Å². The summed E-state index contributed by atoms with van der Waals surface area (Å²) in [5.41, 5.74) is -1.14. The number of halogens is 3. The van der Waals surface area contributed by atoms with E-state index in [2.05, 4.69) is 5.32 Å². The zero-order valence-electron chi connectivity index (χ0n) is 14.5. The van der Waals surface area contributed by atoms with Gasteiger partial charge in [-0.05, 0) is 25.0 Å². The molecular weight excluding hydrogens is 345 g/mol. The van der Waals surface area contributed by atoms with Crippen molar-refractivity contribution in [2.75, 3.05) is 11.9 Å². The van der Waals surface area contributed by atoms with Crippen molar-refractivity contribution in [3.05, 3.63) is 29.8 Å². The minimum atomic E-state index is -4.54. The fraction of sp³-hybridized carbons (Fsp3) is 0.579. The fourth-order valence-electron chi connectivity index (χ4n) is 3.90. The van der Waals surface area contributed by atoms with Crippen LogP contribution in [0.15, 0.2) is 24.3 Å². The molecular formula is C19H23F3N2O2. The smallest absolute Gasteiger partial charge is 0.339 e. The molecule has 2 aliphatic rings. The number of carbonyl (C=O) groups is 2. The van der Waals surface area contributed by atoms with Gasteiger partial charge in [0.15, 0.2) is 0 Å². The van der Waals surface area contributed by atoms with Crippen LogP contribution in [0, 0.1) is 5.92 Å². The predicted octanol–water partition coefficient (Wildman–Crippen LogP) is 4.22. The maximum atomic E-state index is 13.1. The Morgan fingerprint density at radius 2 is 1.73 bits per heavy atom. The highest BCUT2D eigenvalue weighted by atomic mass is 19.4. The van der Waals surface area contributed by atoms with Gasteiger partial charge in [-0.3, -0.25) is 9.59 Å². The first-order valence-electron chi connectivity index (χ1n) is 9.13. The van der Waals surface area contributed by atoms with Crippen molar-refractivity contribution in [3.8, 4) is 0 Å². The van der Waals surface area contributed by atoms with E-state index < -0.39 is 23.6 Å². The number of hydrogen-bond donors (Lipinski definition) is 1. The molecule has 1 heterocycles. The second-order valence-electron chi connectivity index (χ2n) is 7.13. The van der Waals surface area contributed by atoms with E-state index >= 15 is 0 Å². The van der Waals surface area contributed by atoms with Crippen LogP contribution in [0.25, 0.3) is 0 Å². The van der Waals surface area contributed by atoms with Gasteiger partial charge < -0.3 is 10.2 Å². The summed E-state index contributed by atoms with van der Waals surface area (Å²) < 4.78 is 39.2. The standard InChI is InChI=1S/C19H23F3N2O2/c20-19(21,22)15-9-5-6-10-16(15)23-18(26)13-11-17(25)24(12-13)14-7-3-1-2-4-8-14/h5-6,9-10,13-14H,1-4,7-8,11-12H2,(H,23,26). The summed E-state index contributed by atoms with van der Waals surface area (Å²) >= 11 is 0. The first-order chi connectivity index (χ1) is 12.4. The summed E-state index contributed by atoms with van der Waals surface area (Å²) in [5.74, 6) is -1.20. The van der Waals surface area contributed by atoms with Crippen LogP contribution in [0.5, 0.6) is 0 Å². The first-order valence-corrected chi connectivity index (χ1v) is 9.13. The van der Waals surface area contributed by atoms with Crippen molar-refractivity contribution < 1.29 is 22.8 Å². The summed E-state index contributed by atoms with van der Waals surface area (Å²) in [5, 5.41) is 2.38. The lowest BCUT2D eigenvalue weighted by molar-refractivity contribution is -0.137. The number of anilines is 1. The minimum absolute atomic E-state index is 0.0660. The highest BCUT2D eigenvalue weighted by molar-refractivity contribution is 5.97. The molecule has 1 aliphatic carbocycles. The summed E-state index contributed by atoms with van der Waals surface area (Å²) in [6.07, 6.45) is 1.88. The second kappa shape index (κ2) is 7.68. The van der Waals surface area contributed by atoms with Crippen molar-refractivity contribution in [1.29, 1.82) is 0 Å². The molecule has 0 aromatic heterocycles. The zero-order valence-corrected chi connectivity index (χ0v) is 14.5. The molecule has 0 bridgehead atoms. The lowest BCUT2D eigenvalue weighted by Gasteiger charge is -2.27. The third-order valence-electron chi connectivity index (χ3n) is 5.29. The molecule has 0 radical (unpaired) electrons. The monoisotopic (exact) mass is 368 g/mol. The SMILES string of the molecule is O=C(Nc1ccccc1C(F)(F)F)C1CC(=O)N(C2CCCCCC2)C1. The van der Waals surface area contributed by atoms with Gasteiger partial charge in [0.05, 0.1) is 17.2 Å². The van der Waals surface area contributed by atoms with Crippen LogP contribution < -0.4 is 5.32 Å². The average molecular weight is 368 g/mol. The van der Waals surface area contributed by atoms with Gasteiger partial charge in [-0.25, -0.2) is 0 Å². The Bertz CT molecular complexity index is 667. The molecule has 2 amide bonds. The number of hydrogen-bond acceptors (Lipinski definition) is 2. The number of nitrogens with one attached hydrogen (secondary N) is 1. The van der Waals surface area contributed by atoms with Gasteiger partial charge in [0, 0.05) is 19.0 Å². The van der Waals surface area contributed by atoms with Gasteiger partial charge in [-0.1, -0.05) is 37.8 Å². The maximum Gasteiger partial charge on any atom is 0.418 e. The summed E-state index contributed by atoms with van der Waals surface area (Å²) in [4.78, 5) is 26.6. The Morgan fingerprint density at radius 3 is 2.38 bits per heavy atom. The van der Waals surface area contributed by atoms with Crippen LogP contribution in [0.3, 0.4) is 0 Å². The predicted molar refractivity (Wildman–Crippen MR) is 91.4 cm³/mol. The molecule has 4 nitrogen and oxygen atoms in total. The highest BCUT2D eigenvalue weighted by Crippen LogP contribution is 2.35. The topological polar surface area (TPSA) is 49.4 Å². The Kier molecular flexibility index (Phi) is 5.53. The van der Waals surface area contributed by atoms with E-state index in [9.17, 15) is 22.8 Å². The number of para-hydroxylation sites is 1. The minimum Gasteiger partial charge on any atom is -0.339 e. The van der Waals surface area contributed by atoms with Gasteiger partial charge in [0.2, 0.25) is 11.8 Å². The van der Waals surface area contributed by atoms with E-state index in [0.29, 0.717) is 6.54 Å². The fourth-order valence-corrected chi connectivity index (χ4v) is 3.90. The molecule has 1 N–H and O–H groups in total. The normalized spacial score (nSPS) is 22.3. The molecule has 26 heavy (non-hydrogen) atoms. The molecule has 1 aromatic rings. The summed E-state index contributed by atoms with van der Waals surface area (Å²) in [7, 11) is 0. The molecule has 1 atom stereocenters. The molecule has 142 valence electrons. The third-order valence-corrected chi connectivity index (χ3v) is 5.29. The number of amides is 2. The van der Waals surface area contributed by atoms with Crippen molar-refractivity contribution >= 4 is 17.5 Å². The van der Waals surface area contributed by atoms with Gasteiger partial charge >= 0.3 is 6.18 Å². The molecule has 1 saturated heterocycles. The number of benzene rings is 1. The van der Waals surface area contributed by atoms with Gasteiger partial charge in [-0.2, -0.15) is 13.2 Å². The lowest BCUT2D eigenvalue weighted by atomic mass is 10.1. The van der Waals surface area contributed by atoms with Crippen LogP contribution in [-0.4, -0.2) is 29.3 Å². The van der Waals surface area contributed by atoms with Crippen LogP contribution in [0.1, 0.15) is 50.5 Å². The van der Waals surface area contributed by atoms with Gasteiger partial charge in [0.25, 0.3) is 0 Å². The number of carbonyl (C=O) groups excluding carboxylic acids is 2. The number of alkyl halides is 3. The molecule has 7 heteroatoms. The molecule has 2 fully saturated rings. The van der Waals surface area contributed by atoms with Crippen LogP contribution >= 0.6 is 0 Å². The van der Waals surface area contributed by atoms with Crippen molar-refractivity contribution in [2.24, 2.45) is 5.92 Å². The Morgan fingerprint density at radius 1 is 1.08 bits per heavy atom. The maximum absolute atomic E-state index is 13.1. The second-order valence-corrected chi connectivity index (χ2v) is 7.13. The zero-order chi connectivity index (χ0) is 18.7. The van der Waals surface area contributed by atoms with E-state index in [1.54, 1.807) is 4.90 Å². The number of rotatable bonds is 3. The van der Waals surface area contributed by atoms with Crippen LogP contribution in [0.4, 0.5) is 18.9 Å². The lowest BCUT2D eigenvalue weighted by Crippen LogP contribution is -2.37. The molecule has 0 spiro atoms. The Labute approximate surface area is 150 Å². The first kappa shape index (κ1) is 18.7. The summed E-state index contributed by atoms with van der Waals surface area (Å²) in [6, 6.07) is 5.06. The largest absolute Gasteiger partial charge is 0.418 e. The molecule has 3 rings (SSSR count). The average Bonchev–Trinajstić information content (AvgIpc) is 2.80. The van der Waals surface area contributed by atoms with Gasteiger partial charge in [-0.15, -0.1) is 0 Å². The number of nitrogens with zero attached hydrogens (tertiary/aromatic N) is 1. The van der Waals surface area contributed by atoms with Crippen LogP contribution in [-0.2, 0) is 15.8 Å². The molecule has 1 aliphatic heterocycles. The molecule has 1 aromatic carbocycles. The Balaban J connectivity index is 1.67. The molecule has 1 unspecified atom stereocenters. The Hall–Kier alpha value is -2.05. The summed E-state index contributed by atoms with van der Waals surface area (Å²) in [6.45, 7) is 0.295. The van der Waals surface area contributed by atoms with Crippen molar-refractivity contribution in [1.82, 2.24) is 4.90 Å². The van der Waals surface area contributed by atoms with E-state index in [1.165, 1.54) is 18.2 Å². The van der Waals surface area contributed by atoms with E-state index in [0.717, 1.165) is 44.6 Å². The van der Waals surface area contributed by atoms with Crippen molar-refractivity contribution in [2.45, 2.75) is 57.2 Å². The molecule has 1 saturated carbocycles.